The number of hydrogen-bond acceptors (Lipinski definition) is 3. The van der Waals surface area contributed by atoms with Gasteiger partial charge in [0.05, 0.1) is 18.8 Å². The average Bonchev–Trinajstić information content (AvgIpc) is 3.09. The summed E-state index contributed by atoms with van der Waals surface area (Å²) >= 11 is 0. The molecular formula is C13H15NO3. The minimum absolute atomic E-state index is 0.0536. The fourth-order valence-corrected chi connectivity index (χ4v) is 2.67. The number of rotatable bonds is 1. The molecule has 2 aliphatic rings. The fraction of sp³-hybridized carbons (Fsp3) is 0.462. The van der Waals surface area contributed by atoms with E-state index in [0.717, 1.165) is 17.0 Å². The molecule has 2 aliphatic heterocycles. The van der Waals surface area contributed by atoms with E-state index < -0.39 is 0 Å². The molecule has 1 amide bonds. The monoisotopic (exact) mass is 233 g/mol. The Bertz CT molecular complexity index is 486. The first kappa shape index (κ1) is 10.6. The number of ether oxygens (including phenoxy) is 2. The Morgan fingerprint density at radius 1 is 1.47 bits per heavy atom. The van der Waals surface area contributed by atoms with Crippen LogP contribution in [-0.2, 0) is 9.53 Å². The largest absolute Gasteiger partial charge is 0.497 e. The molecule has 1 fully saturated rings. The van der Waals surface area contributed by atoms with Crippen molar-refractivity contribution in [3.8, 4) is 5.75 Å². The van der Waals surface area contributed by atoms with Gasteiger partial charge in [0.1, 0.15) is 18.0 Å². The summed E-state index contributed by atoms with van der Waals surface area (Å²) in [5, 5.41) is 0. The first-order valence-corrected chi connectivity index (χ1v) is 5.76. The Hall–Kier alpha value is -1.55. The third-order valence-corrected chi connectivity index (χ3v) is 3.55. The van der Waals surface area contributed by atoms with Gasteiger partial charge in [-0.1, -0.05) is 0 Å². The van der Waals surface area contributed by atoms with Crippen LogP contribution in [0.25, 0.3) is 0 Å². The Labute approximate surface area is 100 Å². The Balaban J connectivity index is 2.11. The molecule has 3 rings (SSSR count). The molecule has 4 nitrogen and oxygen atoms in total. The Kier molecular flexibility index (Phi) is 2.16. The number of carbonyl (C=O) groups excluding carboxylic acids is 1. The topological polar surface area (TPSA) is 42.1 Å². The van der Waals surface area contributed by atoms with Crippen LogP contribution in [0.2, 0.25) is 0 Å². The lowest BCUT2D eigenvalue weighted by atomic mass is 9.96. The van der Waals surface area contributed by atoms with Crippen LogP contribution < -0.4 is 9.64 Å². The van der Waals surface area contributed by atoms with Crippen LogP contribution in [0.1, 0.15) is 25.5 Å². The number of methoxy groups -OCH3 is 1. The molecule has 1 aromatic carbocycles. The molecule has 4 heteroatoms. The van der Waals surface area contributed by atoms with Gasteiger partial charge in [0.2, 0.25) is 5.91 Å². The maximum atomic E-state index is 11.7. The summed E-state index contributed by atoms with van der Waals surface area (Å²) in [6, 6.07) is 5.88. The highest BCUT2D eigenvalue weighted by atomic mass is 16.6. The molecule has 0 spiro atoms. The summed E-state index contributed by atoms with van der Waals surface area (Å²) in [5.41, 5.74) is 2.01. The molecule has 0 N–H and O–H groups in total. The van der Waals surface area contributed by atoms with Crippen molar-refractivity contribution in [2.45, 2.75) is 32.1 Å². The predicted octanol–water partition coefficient (Wildman–Crippen LogP) is 1.89. The smallest absolute Gasteiger partial charge is 0.224 e. The third-order valence-electron chi connectivity index (χ3n) is 3.55. The lowest BCUT2D eigenvalue weighted by Crippen LogP contribution is -2.43. The zero-order chi connectivity index (χ0) is 12.2. The predicted molar refractivity (Wildman–Crippen MR) is 63.2 cm³/mol. The number of amides is 1. The molecule has 0 bridgehead atoms. The molecule has 2 heterocycles. The van der Waals surface area contributed by atoms with E-state index in [-0.39, 0.29) is 24.2 Å². The second-order valence-electron chi connectivity index (χ2n) is 4.58. The molecular weight excluding hydrogens is 218 g/mol. The maximum Gasteiger partial charge on any atom is 0.224 e. The van der Waals surface area contributed by atoms with Crippen molar-refractivity contribution in [2.24, 2.45) is 0 Å². The first-order chi connectivity index (χ1) is 8.13. The van der Waals surface area contributed by atoms with Crippen LogP contribution in [0.3, 0.4) is 0 Å². The van der Waals surface area contributed by atoms with Crippen molar-refractivity contribution < 1.29 is 14.3 Å². The number of fused-ring (bicyclic) bond motifs is 3. The van der Waals surface area contributed by atoms with Crippen molar-refractivity contribution >= 4 is 11.6 Å². The maximum absolute atomic E-state index is 11.7. The first-order valence-electron chi connectivity index (χ1n) is 5.76. The van der Waals surface area contributed by atoms with Gasteiger partial charge in [-0.2, -0.15) is 0 Å². The van der Waals surface area contributed by atoms with Crippen LogP contribution in [0.5, 0.6) is 5.75 Å². The van der Waals surface area contributed by atoms with E-state index >= 15 is 0 Å². The van der Waals surface area contributed by atoms with Gasteiger partial charge < -0.3 is 14.4 Å². The minimum atomic E-state index is 0.0536. The highest BCUT2D eigenvalue weighted by molar-refractivity contribution is 5.94. The molecule has 0 aromatic heterocycles. The molecule has 3 atom stereocenters. The van der Waals surface area contributed by atoms with Gasteiger partial charge >= 0.3 is 0 Å². The van der Waals surface area contributed by atoms with E-state index in [9.17, 15) is 4.79 Å². The van der Waals surface area contributed by atoms with Crippen LogP contribution in [0, 0.1) is 0 Å². The number of anilines is 1. The highest BCUT2D eigenvalue weighted by Gasteiger charge is 2.52. The van der Waals surface area contributed by atoms with Gasteiger partial charge in [0, 0.05) is 12.5 Å². The number of benzene rings is 1. The van der Waals surface area contributed by atoms with Crippen molar-refractivity contribution in [1.82, 2.24) is 0 Å². The summed E-state index contributed by atoms with van der Waals surface area (Å²) in [6.45, 7) is 3.62. The van der Waals surface area contributed by atoms with Crippen molar-refractivity contribution in [2.75, 3.05) is 12.0 Å². The van der Waals surface area contributed by atoms with E-state index in [1.807, 2.05) is 30.0 Å². The Morgan fingerprint density at radius 2 is 2.24 bits per heavy atom. The molecule has 0 saturated carbocycles. The summed E-state index contributed by atoms with van der Waals surface area (Å²) in [7, 11) is 1.64. The van der Waals surface area contributed by atoms with Crippen molar-refractivity contribution in [1.29, 1.82) is 0 Å². The SMILES string of the molecule is COc1ccc2c(c1)[C@@H]1O[C@@H]1[C@H](C)N2C(C)=O. The van der Waals surface area contributed by atoms with Gasteiger partial charge in [-0.05, 0) is 25.1 Å². The second-order valence-corrected chi connectivity index (χ2v) is 4.58. The Morgan fingerprint density at radius 3 is 2.88 bits per heavy atom. The molecule has 0 unspecified atom stereocenters. The minimum Gasteiger partial charge on any atom is -0.497 e. The van der Waals surface area contributed by atoms with Gasteiger partial charge in [-0.3, -0.25) is 4.79 Å². The lowest BCUT2D eigenvalue weighted by Gasteiger charge is -2.32. The molecule has 1 aromatic rings. The van der Waals surface area contributed by atoms with E-state index in [0.29, 0.717) is 0 Å². The molecule has 1 saturated heterocycles. The number of carbonyl (C=O) groups is 1. The standard InChI is InChI=1S/C13H15NO3/c1-7-12-13(17-12)10-6-9(16-3)4-5-11(10)14(7)8(2)15/h4-7,12-13H,1-3H3/t7-,12+,13-/m0/s1. The summed E-state index contributed by atoms with van der Waals surface area (Å²) in [5.74, 6) is 0.855. The van der Waals surface area contributed by atoms with E-state index in [1.54, 1.807) is 14.0 Å². The zero-order valence-corrected chi connectivity index (χ0v) is 10.1. The van der Waals surface area contributed by atoms with Crippen LogP contribution in [0.4, 0.5) is 5.69 Å². The quantitative estimate of drug-likeness (QED) is 0.696. The normalized spacial score (nSPS) is 29.4. The zero-order valence-electron chi connectivity index (χ0n) is 10.1. The third kappa shape index (κ3) is 1.44. The van der Waals surface area contributed by atoms with E-state index in [1.165, 1.54) is 0 Å². The molecule has 0 radical (unpaired) electrons. The van der Waals surface area contributed by atoms with Gasteiger partial charge in [0.25, 0.3) is 0 Å². The summed E-state index contributed by atoms with van der Waals surface area (Å²) in [4.78, 5) is 13.5. The lowest BCUT2D eigenvalue weighted by molar-refractivity contribution is -0.117. The van der Waals surface area contributed by atoms with Crippen molar-refractivity contribution in [3.63, 3.8) is 0 Å². The number of nitrogens with zero attached hydrogens (tertiary/aromatic N) is 1. The highest BCUT2D eigenvalue weighted by Crippen LogP contribution is 2.51. The molecule has 17 heavy (non-hydrogen) atoms. The average molecular weight is 233 g/mol. The summed E-state index contributed by atoms with van der Waals surface area (Å²) < 4.78 is 10.9. The van der Waals surface area contributed by atoms with E-state index in [2.05, 4.69) is 0 Å². The van der Waals surface area contributed by atoms with Crippen LogP contribution in [-0.4, -0.2) is 25.2 Å². The van der Waals surface area contributed by atoms with Gasteiger partial charge in [-0.25, -0.2) is 0 Å². The van der Waals surface area contributed by atoms with Gasteiger partial charge in [-0.15, -0.1) is 0 Å². The number of hydrogen-bond donors (Lipinski definition) is 0. The molecule has 0 aliphatic carbocycles. The van der Waals surface area contributed by atoms with Crippen molar-refractivity contribution in [3.05, 3.63) is 23.8 Å². The fourth-order valence-electron chi connectivity index (χ4n) is 2.67. The van der Waals surface area contributed by atoms with Crippen LogP contribution in [0.15, 0.2) is 18.2 Å². The molecule has 90 valence electrons. The van der Waals surface area contributed by atoms with Gasteiger partial charge in [0.15, 0.2) is 0 Å². The number of epoxide rings is 1. The van der Waals surface area contributed by atoms with Crippen LogP contribution >= 0.6 is 0 Å². The van der Waals surface area contributed by atoms with E-state index in [4.69, 9.17) is 9.47 Å². The second kappa shape index (κ2) is 3.47. The summed E-state index contributed by atoms with van der Waals surface area (Å²) in [6.07, 6.45) is 0.268.